The monoisotopic (exact) mass is 248 g/mol. The number of rotatable bonds is 5. The van der Waals surface area contributed by atoms with Gasteiger partial charge in [-0.15, -0.1) is 0 Å². The molecule has 18 heavy (non-hydrogen) atoms. The van der Waals surface area contributed by atoms with E-state index in [4.69, 9.17) is 5.73 Å². The second-order valence-electron chi connectivity index (χ2n) is 7.04. The van der Waals surface area contributed by atoms with Crippen LogP contribution in [0.15, 0.2) is 24.4 Å². The lowest BCUT2D eigenvalue weighted by Gasteiger charge is -2.40. The van der Waals surface area contributed by atoms with E-state index in [1.165, 1.54) is 0 Å². The molecule has 102 valence electrons. The van der Waals surface area contributed by atoms with Crippen molar-refractivity contribution in [3.8, 4) is 0 Å². The van der Waals surface area contributed by atoms with Gasteiger partial charge in [0, 0.05) is 6.20 Å². The summed E-state index contributed by atoms with van der Waals surface area (Å²) in [6.45, 7) is 13.7. The molecule has 2 N–H and O–H groups in total. The van der Waals surface area contributed by atoms with Gasteiger partial charge in [0.15, 0.2) is 0 Å². The van der Waals surface area contributed by atoms with E-state index in [0.717, 1.165) is 12.1 Å². The Hall–Kier alpha value is -0.890. The second kappa shape index (κ2) is 5.40. The van der Waals surface area contributed by atoms with Gasteiger partial charge in [0.2, 0.25) is 0 Å². The zero-order chi connectivity index (χ0) is 14.0. The molecule has 0 bridgehead atoms. The number of nitrogens with two attached hydrogens (primary N) is 1. The van der Waals surface area contributed by atoms with Crippen LogP contribution in [0.3, 0.4) is 0 Å². The number of aromatic nitrogens is 1. The first-order valence-corrected chi connectivity index (χ1v) is 6.83. The van der Waals surface area contributed by atoms with E-state index in [0.29, 0.717) is 5.92 Å². The molecular weight excluding hydrogens is 220 g/mol. The van der Waals surface area contributed by atoms with Gasteiger partial charge in [0.25, 0.3) is 0 Å². The largest absolute Gasteiger partial charge is 0.322 e. The summed E-state index contributed by atoms with van der Waals surface area (Å²) in [6, 6.07) is 5.94. The fraction of sp³-hybridized carbons (Fsp3) is 0.688. The van der Waals surface area contributed by atoms with Crippen LogP contribution in [0, 0.1) is 16.7 Å². The van der Waals surface area contributed by atoms with Crippen LogP contribution in [0.1, 0.15) is 59.7 Å². The van der Waals surface area contributed by atoms with E-state index in [1.807, 2.05) is 24.4 Å². The minimum atomic E-state index is -0.0169. The fourth-order valence-electron chi connectivity index (χ4n) is 2.45. The summed E-state index contributed by atoms with van der Waals surface area (Å²) < 4.78 is 0. The van der Waals surface area contributed by atoms with Crippen LogP contribution in [0.2, 0.25) is 0 Å². The maximum Gasteiger partial charge on any atom is 0.0576 e. The molecule has 0 aliphatic heterocycles. The smallest absolute Gasteiger partial charge is 0.0576 e. The molecule has 0 saturated heterocycles. The summed E-state index contributed by atoms with van der Waals surface area (Å²) in [5.74, 6) is 0.646. The van der Waals surface area contributed by atoms with Gasteiger partial charge < -0.3 is 5.73 Å². The third kappa shape index (κ3) is 3.55. The minimum absolute atomic E-state index is 0.0169. The van der Waals surface area contributed by atoms with Crippen molar-refractivity contribution in [3.63, 3.8) is 0 Å². The average molecular weight is 248 g/mol. The van der Waals surface area contributed by atoms with Gasteiger partial charge in [0.05, 0.1) is 11.7 Å². The first kappa shape index (κ1) is 15.2. The van der Waals surface area contributed by atoms with Crippen LogP contribution >= 0.6 is 0 Å². The van der Waals surface area contributed by atoms with Crippen molar-refractivity contribution in [3.05, 3.63) is 30.1 Å². The molecule has 0 radical (unpaired) electrons. The van der Waals surface area contributed by atoms with E-state index in [-0.39, 0.29) is 16.9 Å². The number of nitrogens with zero attached hydrogens (tertiary/aromatic N) is 1. The summed E-state index contributed by atoms with van der Waals surface area (Å²) >= 11 is 0. The molecule has 2 heteroatoms. The van der Waals surface area contributed by atoms with E-state index in [1.54, 1.807) is 0 Å². The van der Waals surface area contributed by atoms with Crippen LogP contribution in [0.5, 0.6) is 0 Å². The Labute approximate surface area is 112 Å². The summed E-state index contributed by atoms with van der Waals surface area (Å²) in [4.78, 5) is 4.39. The Kier molecular flexibility index (Phi) is 4.55. The third-order valence-electron chi connectivity index (χ3n) is 4.32. The molecule has 0 saturated carbocycles. The molecule has 1 aromatic heterocycles. The molecule has 0 spiro atoms. The molecule has 0 amide bonds. The highest BCUT2D eigenvalue weighted by Crippen LogP contribution is 2.44. The fourth-order valence-corrected chi connectivity index (χ4v) is 2.45. The van der Waals surface area contributed by atoms with Gasteiger partial charge in [-0.05, 0) is 35.3 Å². The van der Waals surface area contributed by atoms with Crippen LogP contribution in [-0.4, -0.2) is 4.98 Å². The summed E-state index contributed by atoms with van der Waals surface area (Å²) in [6.07, 6.45) is 2.91. The first-order valence-electron chi connectivity index (χ1n) is 6.83. The maximum absolute atomic E-state index is 6.42. The van der Waals surface area contributed by atoms with Crippen molar-refractivity contribution < 1.29 is 0 Å². The zero-order valence-electron chi connectivity index (χ0n) is 12.7. The van der Waals surface area contributed by atoms with Crippen LogP contribution in [0.4, 0.5) is 0 Å². The number of pyridine rings is 1. The minimum Gasteiger partial charge on any atom is -0.322 e. The van der Waals surface area contributed by atoms with Crippen molar-refractivity contribution in [2.24, 2.45) is 22.5 Å². The second-order valence-corrected chi connectivity index (χ2v) is 7.04. The lowest BCUT2D eigenvalue weighted by Crippen LogP contribution is -2.36. The Balaban J connectivity index is 2.87. The molecule has 1 atom stereocenters. The van der Waals surface area contributed by atoms with Crippen LogP contribution in [0.25, 0.3) is 0 Å². The van der Waals surface area contributed by atoms with Crippen LogP contribution in [-0.2, 0) is 0 Å². The Bertz CT molecular complexity index is 366. The highest BCUT2D eigenvalue weighted by molar-refractivity contribution is 5.11. The van der Waals surface area contributed by atoms with Crippen molar-refractivity contribution in [2.45, 2.75) is 54.0 Å². The standard InChI is InChI=1S/C16H28N2/c1-12(2)15(3,4)11-16(5,6)14(17)13-9-7-8-10-18-13/h7-10,12,14H,11,17H2,1-6H3. The number of hydrogen-bond acceptors (Lipinski definition) is 2. The molecule has 0 aromatic carbocycles. The predicted octanol–water partition coefficient (Wildman–Crippen LogP) is 4.18. The van der Waals surface area contributed by atoms with Gasteiger partial charge in [-0.25, -0.2) is 0 Å². The molecular formula is C16H28N2. The van der Waals surface area contributed by atoms with E-state index in [2.05, 4.69) is 46.5 Å². The van der Waals surface area contributed by atoms with Gasteiger partial charge in [-0.3, -0.25) is 4.98 Å². The van der Waals surface area contributed by atoms with Gasteiger partial charge in [0.1, 0.15) is 0 Å². The lowest BCUT2D eigenvalue weighted by molar-refractivity contribution is 0.117. The van der Waals surface area contributed by atoms with E-state index < -0.39 is 0 Å². The highest BCUT2D eigenvalue weighted by Gasteiger charge is 2.36. The predicted molar refractivity (Wildman–Crippen MR) is 78.2 cm³/mol. The molecule has 0 aliphatic rings. The summed E-state index contributed by atoms with van der Waals surface area (Å²) in [7, 11) is 0. The quantitative estimate of drug-likeness (QED) is 0.849. The zero-order valence-corrected chi connectivity index (χ0v) is 12.7. The highest BCUT2D eigenvalue weighted by atomic mass is 14.8. The van der Waals surface area contributed by atoms with Crippen molar-refractivity contribution in [2.75, 3.05) is 0 Å². The summed E-state index contributed by atoms with van der Waals surface area (Å²) in [5, 5.41) is 0. The lowest BCUT2D eigenvalue weighted by atomic mass is 9.66. The topological polar surface area (TPSA) is 38.9 Å². The molecule has 2 nitrogen and oxygen atoms in total. The molecule has 1 heterocycles. The summed E-state index contributed by atoms with van der Waals surface area (Å²) in [5.41, 5.74) is 7.74. The average Bonchev–Trinajstić information content (AvgIpc) is 2.27. The van der Waals surface area contributed by atoms with Crippen molar-refractivity contribution in [1.82, 2.24) is 4.98 Å². The van der Waals surface area contributed by atoms with Crippen LogP contribution < -0.4 is 5.73 Å². The molecule has 1 unspecified atom stereocenters. The first-order chi connectivity index (χ1) is 8.17. The Morgan fingerprint density at radius 3 is 2.17 bits per heavy atom. The van der Waals surface area contributed by atoms with Gasteiger partial charge >= 0.3 is 0 Å². The molecule has 1 aromatic rings. The maximum atomic E-state index is 6.42. The van der Waals surface area contributed by atoms with Crippen molar-refractivity contribution >= 4 is 0 Å². The molecule has 1 rings (SSSR count). The molecule has 0 aliphatic carbocycles. The Morgan fingerprint density at radius 1 is 1.11 bits per heavy atom. The van der Waals surface area contributed by atoms with E-state index >= 15 is 0 Å². The SMILES string of the molecule is CC(C)C(C)(C)CC(C)(C)C(N)c1ccccn1. The van der Waals surface area contributed by atoms with Gasteiger partial charge in [-0.2, -0.15) is 0 Å². The van der Waals surface area contributed by atoms with Gasteiger partial charge in [-0.1, -0.05) is 47.6 Å². The van der Waals surface area contributed by atoms with Crippen molar-refractivity contribution in [1.29, 1.82) is 0 Å². The van der Waals surface area contributed by atoms with E-state index in [9.17, 15) is 0 Å². The Morgan fingerprint density at radius 2 is 1.72 bits per heavy atom. The number of hydrogen-bond donors (Lipinski definition) is 1. The normalized spacial score (nSPS) is 14.9. The third-order valence-corrected chi connectivity index (χ3v) is 4.32. The molecule has 0 fully saturated rings.